The van der Waals surface area contributed by atoms with Crippen molar-refractivity contribution in [3.63, 3.8) is 0 Å². The fourth-order valence-corrected chi connectivity index (χ4v) is 2.05. The van der Waals surface area contributed by atoms with Crippen LogP contribution in [-0.2, 0) is 0 Å². The van der Waals surface area contributed by atoms with Gasteiger partial charge in [-0.05, 0) is 36.8 Å². The highest BCUT2D eigenvalue weighted by Gasteiger charge is 2.09. The molecule has 1 aromatic carbocycles. The number of aromatic amines is 1. The molecule has 0 saturated heterocycles. The number of pyridine rings is 1. The number of aryl methyl sites for hydroxylation is 1. The van der Waals surface area contributed by atoms with Crippen LogP contribution in [0.4, 0.5) is 5.69 Å². The molecule has 2 heterocycles. The van der Waals surface area contributed by atoms with Gasteiger partial charge in [-0.25, -0.2) is 9.97 Å². The third kappa shape index (κ3) is 1.89. The second-order valence-electron chi connectivity index (χ2n) is 4.37. The van der Waals surface area contributed by atoms with Crippen LogP contribution in [0.3, 0.4) is 0 Å². The molecule has 0 bridgehead atoms. The Labute approximate surface area is 110 Å². The summed E-state index contributed by atoms with van der Waals surface area (Å²) in [5.41, 5.74) is 10.2. The standard InChI is InChI=1S/C14H14N4O/c1-8-5-6-16-14-12(8)17-13(18-14)9-3-4-11(19-2)10(15)7-9/h3-7H,15H2,1-2H3,(H,16,17,18). The summed E-state index contributed by atoms with van der Waals surface area (Å²) in [5.74, 6) is 1.42. The first-order valence-corrected chi connectivity index (χ1v) is 5.94. The molecule has 0 saturated carbocycles. The van der Waals surface area contributed by atoms with E-state index in [1.165, 1.54) is 0 Å². The third-order valence-corrected chi connectivity index (χ3v) is 3.10. The molecular weight excluding hydrogens is 240 g/mol. The molecule has 5 nitrogen and oxygen atoms in total. The number of nitrogen functional groups attached to an aromatic ring is 1. The Morgan fingerprint density at radius 2 is 2.11 bits per heavy atom. The highest BCUT2D eigenvalue weighted by atomic mass is 16.5. The molecule has 96 valence electrons. The summed E-state index contributed by atoms with van der Waals surface area (Å²) >= 11 is 0. The molecular formula is C14H14N4O. The number of fused-ring (bicyclic) bond motifs is 1. The Morgan fingerprint density at radius 1 is 1.26 bits per heavy atom. The Balaban J connectivity index is 2.14. The number of nitrogens with zero attached hydrogens (tertiary/aromatic N) is 2. The molecule has 0 fully saturated rings. The summed E-state index contributed by atoms with van der Waals surface area (Å²) in [4.78, 5) is 12.0. The van der Waals surface area contributed by atoms with Gasteiger partial charge in [0.15, 0.2) is 5.65 Å². The molecule has 2 aromatic heterocycles. The van der Waals surface area contributed by atoms with Crippen molar-refractivity contribution in [2.24, 2.45) is 0 Å². The molecule has 0 aliphatic heterocycles. The molecule has 0 aliphatic carbocycles. The van der Waals surface area contributed by atoms with Gasteiger partial charge in [0.25, 0.3) is 0 Å². The molecule has 0 amide bonds. The predicted molar refractivity (Wildman–Crippen MR) is 75.0 cm³/mol. The van der Waals surface area contributed by atoms with Crippen molar-refractivity contribution < 1.29 is 4.74 Å². The molecule has 3 N–H and O–H groups in total. The zero-order valence-corrected chi connectivity index (χ0v) is 10.8. The molecule has 3 rings (SSSR count). The summed E-state index contributed by atoms with van der Waals surface area (Å²) in [7, 11) is 1.60. The van der Waals surface area contributed by atoms with E-state index < -0.39 is 0 Å². The van der Waals surface area contributed by atoms with Gasteiger partial charge in [-0.1, -0.05) is 0 Å². The second kappa shape index (κ2) is 4.28. The van der Waals surface area contributed by atoms with Gasteiger partial charge in [0.2, 0.25) is 0 Å². The van der Waals surface area contributed by atoms with Crippen LogP contribution in [0.1, 0.15) is 5.56 Å². The molecule has 0 radical (unpaired) electrons. The first kappa shape index (κ1) is 11.5. The summed E-state index contributed by atoms with van der Waals surface area (Å²) in [6.45, 7) is 2.02. The van der Waals surface area contributed by atoms with E-state index in [-0.39, 0.29) is 0 Å². The summed E-state index contributed by atoms with van der Waals surface area (Å²) in [6, 6.07) is 7.54. The van der Waals surface area contributed by atoms with Gasteiger partial charge in [0.1, 0.15) is 11.6 Å². The SMILES string of the molecule is COc1ccc(-c2nc3nccc(C)c3[nH]2)cc1N. The summed E-state index contributed by atoms with van der Waals surface area (Å²) in [6.07, 6.45) is 1.75. The van der Waals surface area contributed by atoms with E-state index >= 15 is 0 Å². The number of rotatable bonds is 2. The van der Waals surface area contributed by atoms with Crippen LogP contribution in [0.5, 0.6) is 5.75 Å². The van der Waals surface area contributed by atoms with E-state index in [0.717, 1.165) is 22.5 Å². The van der Waals surface area contributed by atoms with Crippen molar-refractivity contribution in [2.75, 3.05) is 12.8 Å². The Hall–Kier alpha value is -2.56. The number of ether oxygens (including phenoxy) is 1. The Bertz CT molecular complexity index is 748. The number of nitrogens with one attached hydrogen (secondary N) is 1. The maximum absolute atomic E-state index is 5.91. The topological polar surface area (TPSA) is 76.8 Å². The van der Waals surface area contributed by atoms with Crippen LogP contribution in [0.25, 0.3) is 22.6 Å². The van der Waals surface area contributed by atoms with E-state index in [4.69, 9.17) is 10.5 Å². The van der Waals surface area contributed by atoms with Gasteiger partial charge in [-0.15, -0.1) is 0 Å². The lowest BCUT2D eigenvalue weighted by Gasteiger charge is -2.05. The van der Waals surface area contributed by atoms with Crippen molar-refractivity contribution in [1.82, 2.24) is 15.0 Å². The monoisotopic (exact) mass is 254 g/mol. The minimum Gasteiger partial charge on any atom is -0.495 e. The van der Waals surface area contributed by atoms with E-state index in [1.807, 2.05) is 31.2 Å². The van der Waals surface area contributed by atoms with Crippen molar-refractivity contribution >= 4 is 16.9 Å². The number of hydrogen-bond donors (Lipinski definition) is 2. The van der Waals surface area contributed by atoms with Crippen LogP contribution in [0.2, 0.25) is 0 Å². The van der Waals surface area contributed by atoms with E-state index in [1.54, 1.807) is 13.3 Å². The van der Waals surface area contributed by atoms with E-state index in [0.29, 0.717) is 17.1 Å². The van der Waals surface area contributed by atoms with Gasteiger partial charge in [0, 0.05) is 11.8 Å². The Kier molecular flexibility index (Phi) is 2.59. The number of nitrogens with two attached hydrogens (primary N) is 1. The van der Waals surface area contributed by atoms with Gasteiger partial charge in [-0.2, -0.15) is 0 Å². The van der Waals surface area contributed by atoms with Gasteiger partial charge < -0.3 is 15.5 Å². The van der Waals surface area contributed by atoms with Crippen LogP contribution in [0.15, 0.2) is 30.5 Å². The van der Waals surface area contributed by atoms with Crippen LogP contribution < -0.4 is 10.5 Å². The predicted octanol–water partition coefficient (Wildman–Crippen LogP) is 2.52. The van der Waals surface area contributed by atoms with E-state index in [9.17, 15) is 0 Å². The summed E-state index contributed by atoms with van der Waals surface area (Å²) in [5, 5.41) is 0. The largest absolute Gasteiger partial charge is 0.495 e. The highest BCUT2D eigenvalue weighted by molar-refractivity contribution is 5.79. The third-order valence-electron chi connectivity index (χ3n) is 3.10. The normalized spacial score (nSPS) is 10.8. The van der Waals surface area contributed by atoms with Crippen LogP contribution >= 0.6 is 0 Å². The fourth-order valence-electron chi connectivity index (χ4n) is 2.05. The average molecular weight is 254 g/mol. The van der Waals surface area contributed by atoms with Crippen LogP contribution in [0, 0.1) is 6.92 Å². The number of benzene rings is 1. The Morgan fingerprint density at radius 3 is 2.79 bits per heavy atom. The van der Waals surface area contributed by atoms with Gasteiger partial charge >= 0.3 is 0 Å². The number of hydrogen-bond acceptors (Lipinski definition) is 4. The molecule has 3 aromatic rings. The molecule has 0 unspecified atom stereocenters. The molecule has 19 heavy (non-hydrogen) atoms. The molecule has 0 spiro atoms. The maximum atomic E-state index is 5.91. The van der Waals surface area contributed by atoms with Crippen molar-refractivity contribution in [3.05, 3.63) is 36.0 Å². The zero-order valence-electron chi connectivity index (χ0n) is 10.8. The lowest BCUT2D eigenvalue weighted by atomic mass is 10.2. The lowest BCUT2D eigenvalue weighted by Crippen LogP contribution is -1.93. The molecule has 0 atom stereocenters. The second-order valence-corrected chi connectivity index (χ2v) is 4.37. The number of methoxy groups -OCH3 is 1. The number of aromatic nitrogens is 3. The average Bonchev–Trinajstić information content (AvgIpc) is 2.84. The minimum absolute atomic E-state index is 0.588. The number of H-pyrrole nitrogens is 1. The quantitative estimate of drug-likeness (QED) is 0.689. The minimum atomic E-state index is 0.588. The van der Waals surface area contributed by atoms with Gasteiger partial charge in [-0.3, -0.25) is 0 Å². The molecule has 0 aliphatic rings. The lowest BCUT2D eigenvalue weighted by molar-refractivity contribution is 0.417. The first-order valence-electron chi connectivity index (χ1n) is 5.94. The van der Waals surface area contributed by atoms with Crippen molar-refractivity contribution in [1.29, 1.82) is 0 Å². The maximum Gasteiger partial charge on any atom is 0.178 e. The van der Waals surface area contributed by atoms with Crippen molar-refractivity contribution in [3.8, 4) is 17.1 Å². The summed E-state index contributed by atoms with van der Waals surface area (Å²) < 4.78 is 5.15. The fraction of sp³-hybridized carbons (Fsp3) is 0.143. The van der Waals surface area contributed by atoms with E-state index in [2.05, 4.69) is 15.0 Å². The van der Waals surface area contributed by atoms with Crippen LogP contribution in [-0.4, -0.2) is 22.1 Å². The van der Waals surface area contributed by atoms with Gasteiger partial charge in [0.05, 0.1) is 18.3 Å². The zero-order chi connectivity index (χ0) is 13.4. The smallest absolute Gasteiger partial charge is 0.178 e. The number of anilines is 1. The highest BCUT2D eigenvalue weighted by Crippen LogP contribution is 2.28. The first-order chi connectivity index (χ1) is 9.19. The van der Waals surface area contributed by atoms with Crippen molar-refractivity contribution in [2.45, 2.75) is 6.92 Å². The number of imidazole rings is 1. The molecule has 5 heteroatoms.